The van der Waals surface area contributed by atoms with Crippen LogP contribution in [0.25, 0.3) is 0 Å². The molecule has 7 nitrogen and oxygen atoms in total. The number of aromatic nitrogens is 2. The van der Waals surface area contributed by atoms with E-state index in [4.69, 9.17) is 9.47 Å². The maximum absolute atomic E-state index is 11.7. The molecule has 1 rings (SSSR count). The van der Waals surface area contributed by atoms with E-state index in [2.05, 4.69) is 20.6 Å². The second-order valence-electron chi connectivity index (χ2n) is 4.94. The minimum Gasteiger partial charge on any atom is -0.481 e. The lowest BCUT2D eigenvalue weighted by molar-refractivity contribution is -0.128. The van der Waals surface area contributed by atoms with Gasteiger partial charge in [-0.1, -0.05) is 0 Å². The summed E-state index contributed by atoms with van der Waals surface area (Å²) in [5.74, 6) is 0.900. The Hall–Kier alpha value is -1.89. The topological polar surface area (TPSA) is 85.4 Å². The van der Waals surface area contributed by atoms with Gasteiger partial charge in [0, 0.05) is 20.1 Å². The van der Waals surface area contributed by atoms with Gasteiger partial charge in [0.1, 0.15) is 6.33 Å². The molecule has 0 bridgehead atoms. The van der Waals surface area contributed by atoms with E-state index in [-0.39, 0.29) is 5.91 Å². The second-order valence-corrected chi connectivity index (χ2v) is 4.94. The first-order valence-corrected chi connectivity index (χ1v) is 6.31. The second kappa shape index (κ2) is 7.04. The number of hydrogen-bond acceptors (Lipinski definition) is 6. The van der Waals surface area contributed by atoms with Gasteiger partial charge in [0.15, 0.2) is 0 Å². The Labute approximate surface area is 119 Å². The molecule has 0 spiro atoms. The molecule has 0 aromatic carbocycles. The van der Waals surface area contributed by atoms with Crippen molar-refractivity contribution in [3.8, 4) is 11.8 Å². The highest BCUT2D eigenvalue weighted by Crippen LogP contribution is 2.23. The van der Waals surface area contributed by atoms with Gasteiger partial charge in [-0.25, -0.2) is 9.97 Å². The average molecular weight is 282 g/mol. The molecule has 20 heavy (non-hydrogen) atoms. The Bertz CT molecular complexity index is 441. The number of carbonyl (C=O) groups excluding carboxylic acids is 1. The van der Waals surface area contributed by atoms with Crippen molar-refractivity contribution in [2.75, 3.05) is 27.8 Å². The summed E-state index contributed by atoms with van der Waals surface area (Å²) in [4.78, 5) is 19.8. The van der Waals surface area contributed by atoms with E-state index in [0.717, 1.165) is 5.56 Å². The van der Waals surface area contributed by atoms with Gasteiger partial charge >= 0.3 is 0 Å². The summed E-state index contributed by atoms with van der Waals surface area (Å²) in [6.45, 7) is 4.70. The zero-order valence-corrected chi connectivity index (χ0v) is 12.6. The largest absolute Gasteiger partial charge is 0.481 e. The fraction of sp³-hybridized carbons (Fsp3) is 0.615. The van der Waals surface area contributed by atoms with Gasteiger partial charge in [0.05, 0.1) is 25.2 Å². The smallest absolute Gasteiger partial charge is 0.226 e. The van der Waals surface area contributed by atoms with Crippen molar-refractivity contribution >= 4 is 5.91 Å². The summed E-state index contributed by atoms with van der Waals surface area (Å²) in [7, 11) is 4.71. The fourth-order valence-electron chi connectivity index (χ4n) is 1.80. The molecule has 0 aliphatic rings. The van der Waals surface area contributed by atoms with Crippen LogP contribution < -0.4 is 20.1 Å². The average Bonchev–Trinajstić information content (AvgIpc) is 2.46. The van der Waals surface area contributed by atoms with E-state index in [1.54, 1.807) is 21.3 Å². The number of hydrogen-bond donors (Lipinski definition) is 2. The third kappa shape index (κ3) is 3.80. The minimum absolute atomic E-state index is 0.0201. The Kier molecular flexibility index (Phi) is 5.69. The quantitative estimate of drug-likeness (QED) is 0.751. The van der Waals surface area contributed by atoms with Gasteiger partial charge in [0.25, 0.3) is 0 Å². The molecule has 1 heterocycles. The van der Waals surface area contributed by atoms with E-state index in [1.165, 1.54) is 6.33 Å². The van der Waals surface area contributed by atoms with Crippen LogP contribution in [0.3, 0.4) is 0 Å². The fourth-order valence-corrected chi connectivity index (χ4v) is 1.80. The van der Waals surface area contributed by atoms with E-state index >= 15 is 0 Å². The van der Waals surface area contributed by atoms with Crippen LogP contribution in [0, 0.1) is 5.41 Å². The molecule has 7 heteroatoms. The Balaban J connectivity index is 2.73. The molecule has 112 valence electrons. The molecule has 1 aromatic rings. The van der Waals surface area contributed by atoms with E-state index in [0.29, 0.717) is 24.8 Å². The predicted octanol–water partition coefficient (Wildman–Crippen LogP) is 0.356. The Morgan fingerprint density at radius 1 is 1.25 bits per heavy atom. The zero-order chi connectivity index (χ0) is 15.2. The van der Waals surface area contributed by atoms with Crippen LogP contribution in [0.5, 0.6) is 11.8 Å². The lowest BCUT2D eigenvalue weighted by Gasteiger charge is -2.23. The molecular formula is C13H22N4O3. The number of nitrogens with one attached hydrogen (secondary N) is 2. The van der Waals surface area contributed by atoms with Crippen LogP contribution in [-0.4, -0.2) is 43.7 Å². The van der Waals surface area contributed by atoms with Gasteiger partial charge < -0.3 is 20.1 Å². The maximum atomic E-state index is 11.7. The summed E-state index contributed by atoms with van der Waals surface area (Å²) in [6, 6.07) is 0. The van der Waals surface area contributed by atoms with Crippen molar-refractivity contribution < 1.29 is 14.3 Å². The maximum Gasteiger partial charge on any atom is 0.226 e. The van der Waals surface area contributed by atoms with E-state index < -0.39 is 5.41 Å². The molecule has 0 radical (unpaired) electrons. The molecule has 1 aromatic heterocycles. The highest BCUT2D eigenvalue weighted by Gasteiger charge is 2.26. The number of methoxy groups -OCH3 is 2. The summed E-state index contributed by atoms with van der Waals surface area (Å²) < 4.78 is 10.4. The van der Waals surface area contributed by atoms with Crippen molar-refractivity contribution in [1.29, 1.82) is 0 Å². The standard InChI is InChI=1S/C13H22N4O3/c1-13(2,12(18)14-3)7-15-6-9-10(19-4)16-8-17-11(9)20-5/h8,15H,6-7H2,1-5H3,(H,14,18). The van der Waals surface area contributed by atoms with Crippen molar-refractivity contribution in [2.45, 2.75) is 20.4 Å². The molecule has 2 N–H and O–H groups in total. The summed E-state index contributed by atoms with van der Waals surface area (Å²) >= 11 is 0. The number of amides is 1. The van der Waals surface area contributed by atoms with Crippen LogP contribution in [0.15, 0.2) is 6.33 Å². The lowest BCUT2D eigenvalue weighted by Crippen LogP contribution is -2.41. The SMILES string of the molecule is CNC(=O)C(C)(C)CNCc1c(OC)ncnc1OC. The lowest BCUT2D eigenvalue weighted by atomic mass is 9.92. The van der Waals surface area contributed by atoms with Crippen LogP contribution in [0.2, 0.25) is 0 Å². The third-order valence-electron chi connectivity index (χ3n) is 2.96. The van der Waals surface area contributed by atoms with Gasteiger partial charge in [0.2, 0.25) is 17.7 Å². The molecule has 0 saturated heterocycles. The van der Waals surface area contributed by atoms with Crippen molar-refractivity contribution in [2.24, 2.45) is 5.41 Å². The number of nitrogens with zero attached hydrogens (tertiary/aromatic N) is 2. The summed E-state index contributed by atoms with van der Waals surface area (Å²) in [6.07, 6.45) is 1.38. The molecule has 1 amide bonds. The van der Waals surface area contributed by atoms with Crippen molar-refractivity contribution in [1.82, 2.24) is 20.6 Å². The molecule has 0 fully saturated rings. The zero-order valence-electron chi connectivity index (χ0n) is 12.6. The first-order valence-electron chi connectivity index (χ1n) is 6.31. The van der Waals surface area contributed by atoms with Crippen LogP contribution in [-0.2, 0) is 11.3 Å². The molecule has 0 aliphatic heterocycles. The van der Waals surface area contributed by atoms with Crippen molar-refractivity contribution in [3.63, 3.8) is 0 Å². The molecule has 0 saturated carbocycles. The Morgan fingerprint density at radius 2 is 1.80 bits per heavy atom. The highest BCUT2D eigenvalue weighted by atomic mass is 16.5. The summed E-state index contributed by atoms with van der Waals surface area (Å²) in [5, 5.41) is 5.85. The first-order chi connectivity index (χ1) is 9.46. The van der Waals surface area contributed by atoms with E-state index in [9.17, 15) is 4.79 Å². The Morgan fingerprint density at radius 3 is 2.25 bits per heavy atom. The molecule has 0 unspecified atom stereocenters. The van der Waals surface area contributed by atoms with Crippen LogP contribution >= 0.6 is 0 Å². The minimum atomic E-state index is -0.509. The van der Waals surface area contributed by atoms with Gasteiger partial charge in [-0.3, -0.25) is 4.79 Å². The van der Waals surface area contributed by atoms with Gasteiger partial charge in [-0.15, -0.1) is 0 Å². The first kappa shape index (κ1) is 16.2. The van der Waals surface area contributed by atoms with Crippen LogP contribution in [0.1, 0.15) is 19.4 Å². The molecule has 0 aliphatic carbocycles. The molecular weight excluding hydrogens is 260 g/mol. The molecule has 0 atom stereocenters. The van der Waals surface area contributed by atoms with Gasteiger partial charge in [-0.2, -0.15) is 0 Å². The third-order valence-corrected chi connectivity index (χ3v) is 2.96. The number of ether oxygens (including phenoxy) is 2. The summed E-state index contributed by atoms with van der Waals surface area (Å²) in [5.41, 5.74) is 0.218. The van der Waals surface area contributed by atoms with Crippen molar-refractivity contribution in [3.05, 3.63) is 11.9 Å². The number of rotatable bonds is 7. The van der Waals surface area contributed by atoms with E-state index in [1.807, 2.05) is 13.8 Å². The monoisotopic (exact) mass is 282 g/mol. The normalized spacial score (nSPS) is 11.1. The van der Waals surface area contributed by atoms with Gasteiger partial charge in [-0.05, 0) is 13.8 Å². The number of carbonyl (C=O) groups is 1. The predicted molar refractivity (Wildman–Crippen MR) is 74.7 cm³/mol. The van der Waals surface area contributed by atoms with Crippen LogP contribution in [0.4, 0.5) is 0 Å². The highest BCUT2D eigenvalue weighted by molar-refractivity contribution is 5.81.